The van der Waals surface area contributed by atoms with Crippen LogP contribution in [0, 0.1) is 0 Å². The van der Waals surface area contributed by atoms with Crippen molar-refractivity contribution in [3.63, 3.8) is 0 Å². The number of aromatic nitrogens is 2. The Bertz CT molecular complexity index is 1250. The molecule has 4 nitrogen and oxygen atoms in total. The first-order valence-electron chi connectivity index (χ1n) is 10.8. The lowest BCUT2D eigenvalue weighted by molar-refractivity contribution is 0.305. The van der Waals surface area contributed by atoms with Crippen molar-refractivity contribution in [1.82, 2.24) is 9.13 Å². The molecule has 0 N–H and O–H groups in total. The zero-order valence-corrected chi connectivity index (χ0v) is 17.3. The molecule has 1 aliphatic carbocycles. The first-order valence-corrected chi connectivity index (χ1v) is 10.8. The van der Waals surface area contributed by atoms with Gasteiger partial charge in [0, 0.05) is 29.9 Å². The Balaban J connectivity index is 1.47. The molecule has 0 bridgehead atoms. The van der Waals surface area contributed by atoms with Gasteiger partial charge in [0.2, 0.25) is 0 Å². The summed E-state index contributed by atoms with van der Waals surface area (Å²) in [6, 6.07) is 19.8. The molecule has 5 rings (SSSR count). The molecular formula is C26H26N2O2. The predicted molar refractivity (Wildman–Crippen MR) is 121 cm³/mol. The van der Waals surface area contributed by atoms with E-state index in [1.807, 2.05) is 42.6 Å². The van der Waals surface area contributed by atoms with Gasteiger partial charge in [-0.25, -0.2) is 0 Å². The molecule has 0 amide bonds. The van der Waals surface area contributed by atoms with Crippen LogP contribution in [-0.2, 0) is 26.0 Å². The van der Waals surface area contributed by atoms with E-state index in [9.17, 15) is 4.79 Å². The van der Waals surface area contributed by atoms with Crippen molar-refractivity contribution in [2.75, 3.05) is 0 Å². The highest BCUT2D eigenvalue weighted by Gasteiger charge is 2.19. The smallest absolute Gasteiger partial charge is 0.258 e. The molecule has 30 heavy (non-hydrogen) atoms. The molecule has 1 aliphatic rings. The maximum Gasteiger partial charge on any atom is 0.258 e. The van der Waals surface area contributed by atoms with Crippen LogP contribution in [0.2, 0.25) is 0 Å². The predicted octanol–water partition coefficient (Wildman–Crippen LogP) is 5.27. The van der Waals surface area contributed by atoms with Crippen LogP contribution in [0.5, 0.6) is 5.75 Å². The summed E-state index contributed by atoms with van der Waals surface area (Å²) in [4.78, 5) is 12.8. The summed E-state index contributed by atoms with van der Waals surface area (Å²) < 4.78 is 9.93. The number of ether oxygens (including phenoxy) is 1. The van der Waals surface area contributed by atoms with Crippen LogP contribution in [0.15, 0.2) is 71.7 Å². The zero-order valence-electron chi connectivity index (χ0n) is 17.3. The van der Waals surface area contributed by atoms with Gasteiger partial charge in [-0.3, -0.25) is 9.36 Å². The first-order chi connectivity index (χ1) is 14.7. The van der Waals surface area contributed by atoms with Gasteiger partial charge in [0.05, 0.1) is 11.2 Å². The van der Waals surface area contributed by atoms with Crippen LogP contribution < -0.4 is 10.3 Å². The van der Waals surface area contributed by atoms with Crippen LogP contribution >= 0.6 is 0 Å². The summed E-state index contributed by atoms with van der Waals surface area (Å²) in [5.74, 6) is 0.591. The average molecular weight is 399 g/mol. The van der Waals surface area contributed by atoms with Gasteiger partial charge in [-0.2, -0.15) is 0 Å². The summed E-state index contributed by atoms with van der Waals surface area (Å²) in [5, 5.41) is 1.34. The van der Waals surface area contributed by atoms with E-state index in [-0.39, 0.29) is 5.56 Å². The van der Waals surface area contributed by atoms with Crippen molar-refractivity contribution in [3.8, 4) is 11.4 Å². The van der Waals surface area contributed by atoms with E-state index in [4.69, 9.17) is 4.74 Å². The molecule has 152 valence electrons. The molecular weight excluding hydrogens is 372 g/mol. The third-order valence-corrected chi connectivity index (χ3v) is 6.10. The van der Waals surface area contributed by atoms with Crippen molar-refractivity contribution < 1.29 is 4.74 Å². The highest BCUT2D eigenvalue weighted by atomic mass is 16.5. The molecule has 4 aromatic rings. The summed E-state index contributed by atoms with van der Waals surface area (Å²) in [6.07, 6.45) is 6.65. The molecule has 0 radical (unpaired) electrons. The van der Waals surface area contributed by atoms with E-state index < -0.39 is 0 Å². The third kappa shape index (κ3) is 3.32. The minimum atomic E-state index is -0.0840. The van der Waals surface area contributed by atoms with Gasteiger partial charge in [0.25, 0.3) is 5.56 Å². The van der Waals surface area contributed by atoms with E-state index in [1.54, 1.807) is 10.6 Å². The van der Waals surface area contributed by atoms with Gasteiger partial charge in [-0.05, 0) is 61.9 Å². The number of fused-ring (bicyclic) bond motifs is 3. The minimum absolute atomic E-state index is 0.0840. The van der Waals surface area contributed by atoms with E-state index in [2.05, 4.69) is 29.7 Å². The number of nitrogens with zero attached hydrogens (tertiary/aromatic N) is 2. The number of hydrogen-bond donors (Lipinski definition) is 0. The van der Waals surface area contributed by atoms with Gasteiger partial charge in [0.1, 0.15) is 12.4 Å². The highest BCUT2D eigenvalue weighted by molar-refractivity contribution is 5.87. The lowest BCUT2D eigenvalue weighted by atomic mass is 9.95. The van der Waals surface area contributed by atoms with Gasteiger partial charge in [-0.15, -0.1) is 0 Å². The fraction of sp³-hybridized carbons (Fsp3) is 0.269. The van der Waals surface area contributed by atoms with E-state index in [0.717, 1.165) is 30.6 Å². The molecule has 0 fully saturated rings. The van der Waals surface area contributed by atoms with Crippen molar-refractivity contribution >= 4 is 10.9 Å². The van der Waals surface area contributed by atoms with E-state index in [1.165, 1.54) is 35.0 Å². The number of pyridine rings is 1. The van der Waals surface area contributed by atoms with Crippen LogP contribution in [0.1, 0.15) is 36.6 Å². The lowest BCUT2D eigenvalue weighted by Crippen LogP contribution is -2.16. The van der Waals surface area contributed by atoms with E-state index in [0.29, 0.717) is 12.4 Å². The Morgan fingerprint density at radius 3 is 2.60 bits per heavy atom. The second-order valence-electron chi connectivity index (χ2n) is 7.92. The Morgan fingerprint density at radius 2 is 1.80 bits per heavy atom. The van der Waals surface area contributed by atoms with Crippen molar-refractivity contribution in [1.29, 1.82) is 0 Å². The van der Waals surface area contributed by atoms with Crippen LogP contribution in [0.25, 0.3) is 16.6 Å². The second-order valence-corrected chi connectivity index (χ2v) is 7.92. The summed E-state index contributed by atoms with van der Waals surface area (Å²) in [7, 11) is 0. The molecule has 4 heteroatoms. The summed E-state index contributed by atoms with van der Waals surface area (Å²) >= 11 is 0. The molecule has 0 spiro atoms. The standard InChI is InChI=1S/C26H26N2O2/c1-2-27-24-11-7-6-10-22(24)23-13-12-20(16-25(23)27)28-15-14-21(17-26(28)29)30-18-19-8-4-3-5-9-19/h3-5,8-9,12-17H,2,6-7,10-11,18H2,1H3. The fourth-order valence-corrected chi connectivity index (χ4v) is 4.64. The monoisotopic (exact) mass is 398 g/mol. The number of rotatable bonds is 5. The zero-order chi connectivity index (χ0) is 20.5. The largest absolute Gasteiger partial charge is 0.489 e. The van der Waals surface area contributed by atoms with Crippen molar-refractivity contribution in [2.24, 2.45) is 0 Å². The second kappa shape index (κ2) is 7.86. The SMILES string of the molecule is CCn1c2c(c3ccc(-n4ccc(OCc5ccccc5)cc4=O)cc31)CCCC2. The summed E-state index contributed by atoms with van der Waals surface area (Å²) in [5.41, 5.74) is 6.11. The number of benzene rings is 2. The van der Waals surface area contributed by atoms with Gasteiger partial charge >= 0.3 is 0 Å². The lowest BCUT2D eigenvalue weighted by Gasteiger charge is -2.14. The van der Waals surface area contributed by atoms with Gasteiger partial charge in [-0.1, -0.05) is 36.4 Å². The Hall–Kier alpha value is -3.27. The maximum absolute atomic E-state index is 12.8. The topological polar surface area (TPSA) is 36.2 Å². The normalized spacial score (nSPS) is 13.4. The number of aryl methyl sites for hydroxylation is 2. The van der Waals surface area contributed by atoms with Crippen molar-refractivity contribution in [2.45, 2.75) is 45.8 Å². The molecule has 0 saturated heterocycles. The quantitative estimate of drug-likeness (QED) is 0.459. The minimum Gasteiger partial charge on any atom is -0.489 e. The first kappa shape index (κ1) is 18.7. The van der Waals surface area contributed by atoms with Crippen LogP contribution in [-0.4, -0.2) is 9.13 Å². The van der Waals surface area contributed by atoms with Crippen LogP contribution in [0.3, 0.4) is 0 Å². The molecule has 0 atom stereocenters. The third-order valence-electron chi connectivity index (χ3n) is 6.10. The average Bonchev–Trinajstić information content (AvgIpc) is 3.11. The Kier molecular flexibility index (Phi) is 4.91. The Labute approximate surface area is 176 Å². The number of hydrogen-bond acceptors (Lipinski definition) is 2. The molecule has 2 heterocycles. The molecule has 2 aromatic carbocycles. The molecule has 0 unspecified atom stereocenters. The summed E-state index contributed by atoms with van der Waals surface area (Å²) in [6.45, 7) is 3.61. The van der Waals surface area contributed by atoms with Crippen molar-refractivity contribution in [3.05, 3.63) is 94.0 Å². The Morgan fingerprint density at radius 1 is 0.967 bits per heavy atom. The fourth-order valence-electron chi connectivity index (χ4n) is 4.64. The molecule has 0 saturated carbocycles. The molecule has 0 aliphatic heterocycles. The van der Waals surface area contributed by atoms with Gasteiger partial charge < -0.3 is 9.30 Å². The van der Waals surface area contributed by atoms with Crippen LogP contribution in [0.4, 0.5) is 0 Å². The maximum atomic E-state index is 12.8. The molecule has 2 aromatic heterocycles. The van der Waals surface area contributed by atoms with E-state index >= 15 is 0 Å². The highest BCUT2D eigenvalue weighted by Crippen LogP contribution is 2.33. The van der Waals surface area contributed by atoms with Gasteiger partial charge in [0.15, 0.2) is 0 Å².